The average Bonchev–Trinajstić information content (AvgIpc) is 3.23. The van der Waals surface area contributed by atoms with Crippen molar-refractivity contribution >= 4 is 22.2 Å². The van der Waals surface area contributed by atoms with E-state index in [-0.39, 0.29) is 18.4 Å². The zero-order valence-corrected chi connectivity index (χ0v) is 40.6. The van der Waals surface area contributed by atoms with E-state index in [1.54, 1.807) is 0 Å². The van der Waals surface area contributed by atoms with Gasteiger partial charge in [-0.25, -0.2) is 8.42 Å². The number of carbonyl (C=O) groups excluding carboxylic acids is 2. The van der Waals surface area contributed by atoms with Crippen molar-refractivity contribution in [3.63, 3.8) is 0 Å². The van der Waals surface area contributed by atoms with Crippen LogP contribution < -0.4 is 10.6 Å². The lowest BCUT2D eigenvalue weighted by atomic mass is 10.1. The Morgan fingerprint density at radius 3 is 1.21 bits per heavy atom. The van der Waals surface area contributed by atoms with Crippen LogP contribution in [0.4, 0.5) is 0 Å². The van der Waals surface area contributed by atoms with E-state index in [9.17, 15) is 22.6 Å². The number of hydrogen-bond acceptors (Lipinski definition) is 9. The SMILES string of the molecule is CCCCCCCC/C=C\CCCCCCCC(=O)NCC[N+](C)(CCNC(=O)CCCCCCC/C=C\CCCCCCCC)CCOCCOCCO.COS(=O)(=O)[O-]. The second-order valence-electron chi connectivity index (χ2n) is 16.7. The van der Waals surface area contributed by atoms with Crippen LogP contribution in [0.2, 0.25) is 0 Å². The summed E-state index contributed by atoms with van der Waals surface area (Å²) in [5.41, 5.74) is 0. The Morgan fingerprint density at radius 2 is 0.869 bits per heavy atom. The monoisotopic (exact) mass is 890 g/mol. The number of allylic oxidation sites excluding steroid dienone is 4. The molecule has 12 nitrogen and oxygen atoms in total. The summed E-state index contributed by atoms with van der Waals surface area (Å²) in [6.45, 7) is 9.98. The lowest BCUT2D eigenvalue weighted by Crippen LogP contribution is -2.53. The number of carbonyl (C=O) groups is 2. The fraction of sp³-hybridized carbons (Fsp3) is 0.875. The molecule has 0 aromatic heterocycles. The Balaban J connectivity index is 0. The van der Waals surface area contributed by atoms with Crippen molar-refractivity contribution in [1.29, 1.82) is 0 Å². The predicted octanol–water partition coefficient (Wildman–Crippen LogP) is 9.86. The van der Waals surface area contributed by atoms with Gasteiger partial charge in [-0.15, -0.1) is 0 Å². The van der Waals surface area contributed by atoms with Crippen molar-refractivity contribution < 1.29 is 45.8 Å². The first kappa shape index (κ1) is 61.2. The van der Waals surface area contributed by atoms with Gasteiger partial charge in [0.2, 0.25) is 22.2 Å². The summed E-state index contributed by atoms with van der Waals surface area (Å²) in [5, 5.41) is 15.2. The second-order valence-corrected chi connectivity index (χ2v) is 17.8. The van der Waals surface area contributed by atoms with Crippen LogP contribution in [0.15, 0.2) is 24.3 Å². The molecule has 0 aromatic rings. The standard InChI is InChI=1S/C47H91N3O5.CH4O4S/c1-4-6-8-10-12-14-16-18-20-22-24-26-28-30-32-34-46(52)48-36-38-50(3,40-42-54-44-45-55-43-41-51)39-37-49-47(53)35-33-31-29-27-25-23-21-19-17-15-13-11-9-7-5-2;1-5-6(2,3)4/h18-21,51H,4-17,22-45H2,1-3H3,(H-,48,49,52,53);1H3,(H,2,3,4)/b20-18-,21-19-;. The van der Waals surface area contributed by atoms with E-state index in [0.29, 0.717) is 56.8 Å². The number of quaternary nitrogens is 1. The first-order valence-electron chi connectivity index (χ1n) is 24.5. The fourth-order valence-corrected chi connectivity index (χ4v) is 6.83. The van der Waals surface area contributed by atoms with E-state index in [0.717, 1.165) is 52.4 Å². The van der Waals surface area contributed by atoms with Crippen molar-refractivity contribution in [2.45, 2.75) is 194 Å². The predicted molar refractivity (Wildman–Crippen MR) is 251 cm³/mol. The summed E-state index contributed by atoms with van der Waals surface area (Å²) in [4.78, 5) is 25.2. The zero-order chi connectivity index (χ0) is 45.4. The lowest BCUT2D eigenvalue weighted by Gasteiger charge is -2.34. The van der Waals surface area contributed by atoms with Crippen molar-refractivity contribution in [3.05, 3.63) is 24.3 Å². The van der Waals surface area contributed by atoms with Gasteiger partial charge in [-0.05, 0) is 64.2 Å². The highest BCUT2D eigenvalue weighted by Gasteiger charge is 2.22. The van der Waals surface area contributed by atoms with Gasteiger partial charge in [0.05, 0.1) is 73.4 Å². The van der Waals surface area contributed by atoms with Gasteiger partial charge in [-0.3, -0.25) is 13.8 Å². The molecule has 0 bridgehead atoms. The molecule has 0 rings (SSSR count). The summed E-state index contributed by atoms with van der Waals surface area (Å²) in [6.07, 6.45) is 43.2. The number of likely N-dealkylation sites (N-methyl/N-ethyl adjacent to an activating group) is 1. The summed E-state index contributed by atoms with van der Waals surface area (Å²) in [6, 6.07) is 0. The number of amides is 2. The number of ether oxygens (including phenoxy) is 2. The van der Waals surface area contributed by atoms with Crippen molar-refractivity contribution in [3.8, 4) is 0 Å². The molecule has 0 saturated heterocycles. The molecule has 3 N–H and O–H groups in total. The highest BCUT2D eigenvalue weighted by Crippen LogP contribution is 2.12. The Bertz CT molecular complexity index is 1060. The molecule has 0 aliphatic carbocycles. The van der Waals surface area contributed by atoms with Gasteiger partial charge in [-0.1, -0.05) is 141 Å². The van der Waals surface area contributed by atoms with Gasteiger partial charge >= 0.3 is 0 Å². The van der Waals surface area contributed by atoms with Crippen LogP contribution >= 0.6 is 0 Å². The molecule has 0 saturated carbocycles. The zero-order valence-electron chi connectivity index (χ0n) is 39.7. The third kappa shape index (κ3) is 52.4. The van der Waals surface area contributed by atoms with E-state index in [1.165, 1.54) is 141 Å². The van der Waals surface area contributed by atoms with Gasteiger partial charge in [0, 0.05) is 12.8 Å². The number of nitrogens with one attached hydrogen (secondary N) is 2. The molecule has 0 atom stereocenters. The molecule has 0 radical (unpaired) electrons. The quantitative estimate of drug-likeness (QED) is 0.0178. The molecule has 0 aliphatic rings. The highest BCUT2D eigenvalue weighted by molar-refractivity contribution is 7.80. The van der Waals surface area contributed by atoms with Crippen LogP contribution in [0.25, 0.3) is 0 Å². The normalized spacial score (nSPS) is 12.0. The largest absolute Gasteiger partial charge is 0.726 e. The minimum absolute atomic E-state index is 0.0148. The second kappa shape index (κ2) is 47.6. The molecule has 2 amide bonds. The van der Waals surface area contributed by atoms with Crippen LogP contribution in [0.3, 0.4) is 0 Å². The summed E-state index contributed by atoms with van der Waals surface area (Å²) < 4.78 is 42.8. The average molecular weight is 890 g/mol. The number of unbranched alkanes of at least 4 members (excludes halogenated alkanes) is 22. The van der Waals surface area contributed by atoms with Crippen LogP contribution in [-0.4, -0.2) is 114 Å². The van der Waals surface area contributed by atoms with Crippen molar-refractivity contribution in [1.82, 2.24) is 10.6 Å². The van der Waals surface area contributed by atoms with Crippen LogP contribution in [0, 0.1) is 0 Å². The summed E-state index contributed by atoms with van der Waals surface area (Å²) in [7, 11) is -1.43. The topological polar surface area (TPSA) is 163 Å². The van der Waals surface area contributed by atoms with Gasteiger partial charge in [-0.2, -0.15) is 0 Å². The maximum Gasteiger partial charge on any atom is 0.220 e. The fourth-order valence-electron chi connectivity index (χ4n) is 6.83. The molecular formula is C48H95N3O9S. The van der Waals surface area contributed by atoms with Crippen LogP contribution in [-0.2, 0) is 33.6 Å². The highest BCUT2D eigenvalue weighted by atomic mass is 32.3. The van der Waals surface area contributed by atoms with Crippen molar-refractivity contribution in [2.24, 2.45) is 0 Å². The van der Waals surface area contributed by atoms with E-state index in [1.807, 2.05) is 0 Å². The van der Waals surface area contributed by atoms with Gasteiger partial charge < -0.3 is 34.2 Å². The molecule has 0 spiro atoms. The molecule has 0 heterocycles. The van der Waals surface area contributed by atoms with Crippen molar-refractivity contribution in [2.75, 3.05) is 79.9 Å². The summed E-state index contributed by atoms with van der Waals surface area (Å²) in [5.74, 6) is 0.268. The maximum atomic E-state index is 12.6. The molecule has 0 aliphatic heterocycles. The molecular weight excluding hydrogens is 795 g/mol. The van der Waals surface area contributed by atoms with Gasteiger partial charge in [0.15, 0.2) is 0 Å². The number of hydrogen-bond donors (Lipinski definition) is 3. The molecule has 0 fully saturated rings. The first-order chi connectivity index (χ1) is 29.5. The van der Waals surface area contributed by atoms with Gasteiger partial charge in [0.1, 0.15) is 6.54 Å². The number of nitrogens with zero attached hydrogens (tertiary/aromatic N) is 1. The number of aliphatic hydroxyl groups is 1. The first-order valence-corrected chi connectivity index (χ1v) is 25.8. The molecule has 13 heteroatoms. The van der Waals surface area contributed by atoms with Gasteiger partial charge in [0.25, 0.3) is 0 Å². The Morgan fingerprint density at radius 1 is 0.541 bits per heavy atom. The Hall–Kier alpha value is -1.87. The third-order valence-corrected chi connectivity index (χ3v) is 11.3. The van der Waals surface area contributed by atoms with E-state index < -0.39 is 10.4 Å². The third-order valence-electron chi connectivity index (χ3n) is 10.9. The molecule has 0 unspecified atom stereocenters. The summed E-state index contributed by atoms with van der Waals surface area (Å²) >= 11 is 0. The Kier molecular flexibility index (Phi) is 47.8. The Labute approximate surface area is 375 Å². The molecule has 61 heavy (non-hydrogen) atoms. The minimum Gasteiger partial charge on any atom is -0.726 e. The smallest absolute Gasteiger partial charge is 0.220 e. The molecule has 362 valence electrons. The van der Waals surface area contributed by atoms with E-state index >= 15 is 0 Å². The van der Waals surface area contributed by atoms with Crippen LogP contribution in [0.5, 0.6) is 0 Å². The molecule has 0 aromatic carbocycles. The minimum atomic E-state index is -4.41. The maximum absolute atomic E-state index is 12.6. The van der Waals surface area contributed by atoms with E-state index in [2.05, 4.69) is 60.0 Å². The number of rotatable bonds is 45. The lowest BCUT2D eigenvalue weighted by molar-refractivity contribution is -0.907. The number of aliphatic hydroxyl groups excluding tert-OH is 1. The van der Waals surface area contributed by atoms with E-state index in [4.69, 9.17) is 14.6 Å². The van der Waals surface area contributed by atoms with Crippen LogP contribution in [0.1, 0.15) is 194 Å².